The molecule has 5 heteroatoms. The van der Waals surface area contributed by atoms with E-state index in [4.69, 9.17) is 10.5 Å². The van der Waals surface area contributed by atoms with E-state index in [1.54, 1.807) is 4.90 Å². The number of rotatable bonds is 5. The molecule has 0 unspecified atom stereocenters. The smallest absolute Gasteiger partial charge is 0.226 e. The van der Waals surface area contributed by atoms with E-state index in [1.165, 1.54) is 0 Å². The largest absolute Gasteiger partial charge is 0.493 e. The number of hydrogen-bond donors (Lipinski definition) is 1. The number of amides is 2. The summed E-state index contributed by atoms with van der Waals surface area (Å²) in [5, 5.41) is 0. The predicted molar refractivity (Wildman–Crippen MR) is 84.5 cm³/mol. The quantitative estimate of drug-likeness (QED) is 0.899. The molecule has 1 aromatic rings. The van der Waals surface area contributed by atoms with E-state index in [0.717, 1.165) is 16.9 Å². The van der Waals surface area contributed by atoms with E-state index in [2.05, 4.69) is 0 Å². The molecule has 5 nitrogen and oxygen atoms in total. The Morgan fingerprint density at radius 3 is 2.45 bits per heavy atom. The standard InChI is InChI=1S/C17H24N2O3/c1-11-5-4-6-12(2)16(11)22-8-7-15(20)19-9-13(3)14(10-19)17(18)21/h4-6,13-14H,7-10H2,1-3H3,(H2,18,21)/t13-,14-/m1/s1. The monoisotopic (exact) mass is 304 g/mol. The van der Waals surface area contributed by atoms with E-state index in [-0.39, 0.29) is 23.7 Å². The van der Waals surface area contributed by atoms with Gasteiger partial charge in [0.25, 0.3) is 0 Å². The van der Waals surface area contributed by atoms with E-state index in [0.29, 0.717) is 26.1 Å². The Morgan fingerprint density at radius 1 is 1.27 bits per heavy atom. The van der Waals surface area contributed by atoms with Crippen molar-refractivity contribution in [2.75, 3.05) is 19.7 Å². The maximum absolute atomic E-state index is 12.2. The molecule has 0 radical (unpaired) electrons. The second-order valence-corrected chi connectivity index (χ2v) is 6.10. The van der Waals surface area contributed by atoms with Crippen LogP contribution in [0.25, 0.3) is 0 Å². The molecule has 0 aromatic heterocycles. The van der Waals surface area contributed by atoms with Gasteiger partial charge < -0.3 is 15.4 Å². The number of nitrogens with zero attached hydrogens (tertiary/aromatic N) is 1. The zero-order chi connectivity index (χ0) is 16.3. The Bertz CT molecular complexity index is 551. The van der Waals surface area contributed by atoms with Gasteiger partial charge in [-0.2, -0.15) is 0 Å². The Balaban J connectivity index is 1.85. The van der Waals surface area contributed by atoms with Crippen molar-refractivity contribution in [2.24, 2.45) is 17.6 Å². The highest BCUT2D eigenvalue weighted by molar-refractivity contribution is 5.81. The number of primary amides is 1. The molecule has 0 spiro atoms. The predicted octanol–water partition coefficient (Wildman–Crippen LogP) is 1.65. The molecule has 2 N–H and O–H groups in total. The summed E-state index contributed by atoms with van der Waals surface area (Å²) in [5.41, 5.74) is 7.49. The molecule has 120 valence electrons. The van der Waals surface area contributed by atoms with E-state index in [1.807, 2.05) is 39.0 Å². The first-order chi connectivity index (χ1) is 10.4. The highest BCUT2D eigenvalue weighted by atomic mass is 16.5. The third-order valence-corrected chi connectivity index (χ3v) is 4.30. The Hall–Kier alpha value is -2.04. The summed E-state index contributed by atoms with van der Waals surface area (Å²) in [6.45, 7) is 7.30. The molecular weight excluding hydrogens is 280 g/mol. The molecule has 0 saturated carbocycles. The zero-order valence-electron chi connectivity index (χ0n) is 13.5. The number of para-hydroxylation sites is 1. The van der Waals surface area contributed by atoms with Crippen molar-refractivity contribution in [3.8, 4) is 5.75 Å². The average molecular weight is 304 g/mol. The van der Waals surface area contributed by atoms with Crippen molar-refractivity contribution in [1.82, 2.24) is 4.90 Å². The number of carbonyl (C=O) groups is 2. The van der Waals surface area contributed by atoms with Crippen LogP contribution in [0, 0.1) is 25.7 Å². The van der Waals surface area contributed by atoms with Crippen LogP contribution in [0.15, 0.2) is 18.2 Å². The lowest BCUT2D eigenvalue weighted by atomic mass is 9.98. The average Bonchev–Trinajstić information content (AvgIpc) is 2.84. The van der Waals surface area contributed by atoms with E-state index < -0.39 is 0 Å². The zero-order valence-corrected chi connectivity index (χ0v) is 13.5. The summed E-state index contributed by atoms with van der Waals surface area (Å²) in [7, 11) is 0. The minimum Gasteiger partial charge on any atom is -0.493 e. The van der Waals surface area contributed by atoms with E-state index >= 15 is 0 Å². The van der Waals surface area contributed by atoms with Gasteiger partial charge in [0.05, 0.1) is 18.9 Å². The number of aryl methyl sites for hydroxylation is 2. The molecule has 1 fully saturated rings. The van der Waals surface area contributed by atoms with Crippen LogP contribution in [0.4, 0.5) is 0 Å². The fourth-order valence-corrected chi connectivity index (χ4v) is 2.97. The van der Waals surface area contributed by atoms with Crippen LogP contribution in [0.3, 0.4) is 0 Å². The second kappa shape index (κ2) is 6.81. The first-order valence-corrected chi connectivity index (χ1v) is 7.66. The fraction of sp³-hybridized carbons (Fsp3) is 0.529. The topological polar surface area (TPSA) is 72.6 Å². The van der Waals surface area contributed by atoms with Gasteiger partial charge in [-0.1, -0.05) is 25.1 Å². The molecule has 0 bridgehead atoms. The van der Waals surface area contributed by atoms with Gasteiger partial charge in [-0.25, -0.2) is 0 Å². The van der Waals surface area contributed by atoms with Gasteiger partial charge in [0.2, 0.25) is 11.8 Å². The highest BCUT2D eigenvalue weighted by Gasteiger charge is 2.35. The number of carbonyl (C=O) groups excluding carboxylic acids is 2. The highest BCUT2D eigenvalue weighted by Crippen LogP contribution is 2.24. The maximum Gasteiger partial charge on any atom is 0.226 e. The number of benzene rings is 1. The number of hydrogen-bond acceptors (Lipinski definition) is 3. The molecule has 1 aliphatic heterocycles. The number of ether oxygens (including phenoxy) is 1. The summed E-state index contributed by atoms with van der Waals surface area (Å²) in [6.07, 6.45) is 0.311. The third-order valence-electron chi connectivity index (χ3n) is 4.30. The van der Waals surface area contributed by atoms with Gasteiger partial charge >= 0.3 is 0 Å². The normalized spacial score (nSPS) is 21.0. The van der Waals surface area contributed by atoms with Crippen LogP contribution in [-0.2, 0) is 9.59 Å². The Morgan fingerprint density at radius 2 is 1.91 bits per heavy atom. The van der Waals surface area contributed by atoms with Crippen LogP contribution < -0.4 is 10.5 Å². The van der Waals surface area contributed by atoms with Gasteiger partial charge in [-0.05, 0) is 30.9 Å². The molecule has 1 aliphatic rings. The number of nitrogens with two attached hydrogens (primary N) is 1. The van der Waals surface area contributed by atoms with Crippen LogP contribution in [0.1, 0.15) is 24.5 Å². The van der Waals surface area contributed by atoms with Crippen LogP contribution in [0.5, 0.6) is 5.75 Å². The summed E-state index contributed by atoms with van der Waals surface area (Å²) >= 11 is 0. The Kier molecular flexibility index (Phi) is 5.06. The maximum atomic E-state index is 12.2. The van der Waals surface area contributed by atoms with Crippen molar-refractivity contribution >= 4 is 11.8 Å². The fourth-order valence-electron chi connectivity index (χ4n) is 2.97. The molecule has 22 heavy (non-hydrogen) atoms. The molecule has 1 saturated heterocycles. The lowest BCUT2D eigenvalue weighted by Crippen LogP contribution is -2.32. The molecule has 1 aromatic carbocycles. The molecular formula is C17H24N2O3. The summed E-state index contributed by atoms with van der Waals surface area (Å²) in [4.78, 5) is 25.2. The summed E-state index contributed by atoms with van der Waals surface area (Å²) in [5.74, 6) is 0.431. The van der Waals surface area contributed by atoms with Crippen molar-refractivity contribution < 1.29 is 14.3 Å². The molecule has 0 aliphatic carbocycles. The first kappa shape index (κ1) is 16.3. The Labute approximate surface area is 131 Å². The lowest BCUT2D eigenvalue weighted by Gasteiger charge is -2.17. The SMILES string of the molecule is Cc1cccc(C)c1OCCC(=O)N1C[C@@H](C)[C@H](C(N)=O)C1. The molecule has 1 heterocycles. The van der Waals surface area contributed by atoms with Crippen LogP contribution in [-0.4, -0.2) is 36.4 Å². The van der Waals surface area contributed by atoms with Crippen molar-refractivity contribution in [2.45, 2.75) is 27.2 Å². The molecule has 2 rings (SSSR count). The summed E-state index contributed by atoms with van der Waals surface area (Å²) in [6, 6.07) is 5.96. The van der Waals surface area contributed by atoms with Crippen molar-refractivity contribution in [3.63, 3.8) is 0 Å². The van der Waals surface area contributed by atoms with Gasteiger partial charge in [0, 0.05) is 13.1 Å². The van der Waals surface area contributed by atoms with Gasteiger partial charge in [-0.15, -0.1) is 0 Å². The van der Waals surface area contributed by atoms with Crippen molar-refractivity contribution in [1.29, 1.82) is 0 Å². The van der Waals surface area contributed by atoms with Crippen LogP contribution in [0.2, 0.25) is 0 Å². The van der Waals surface area contributed by atoms with Crippen molar-refractivity contribution in [3.05, 3.63) is 29.3 Å². The van der Waals surface area contributed by atoms with Gasteiger partial charge in [-0.3, -0.25) is 9.59 Å². The van der Waals surface area contributed by atoms with Gasteiger partial charge in [0.1, 0.15) is 5.75 Å². The first-order valence-electron chi connectivity index (χ1n) is 7.66. The second-order valence-electron chi connectivity index (χ2n) is 6.10. The molecule has 2 atom stereocenters. The number of likely N-dealkylation sites (tertiary alicyclic amines) is 1. The summed E-state index contributed by atoms with van der Waals surface area (Å²) < 4.78 is 5.76. The lowest BCUT2D eigenvalue weighted by molar-refractivity contribution is -0.131. The molecule has 2 amide bonds. The van der Waals surface area contributed by atoms with Crippen LogP contribution >= 0.6 is 0 Å². The third kappa shape index (κ3) is 3.59. The minimum absolute atomic E-state index is 0.0156. The minimum atomic E-state index is -0.324. The van der Waals surface area contributed by atoms with Gasteiger partial charge in [0.15, 0.2) is 0 Å². The van der Waals surface area contributed by atoms with E-state index in [9.17, 15) is 9.59 Å².